The topological polar surface area (TPSA) is 75.9 Å². The third-order valence-corrected chi connectivity index (χ3v) is 5.57. The van der Waals surface area contributed by atoms with Crippen molar-refractivity contribution in [1.82, 2.24) is 24.6 Å². The first-order valence-electron chi connectivity index (χ1n) is 8.70. The Hall–Kier alpha value is -2.15. The average Bonchev–Trinajstić information content (AvgIpc) is 3.25. The fraction of sp³-hybridized carbons (Fsp3) is 0.444. The van der Waals surface area contributed by atoms with E-state index in [-0.39, 0.29) is 5.56 Å². The van der Waals surface area contributed by atoms with Crippen LogP contribution in [0.4, 0.5) is 0 Å². The minimum atomic E-state index is -0.0579. The highest BCUT2D eigenvalue weighted by Gasteiger charge is 2.17. The summed E-state index contributed by atoms with van der Waals surface area (Å²) in [7, 11) is 0. The predicted octanol–water partition coefficient (Wildman–Crippen LogP) is 3.15. The summed E-state index contributed by atoms with van der Waals surface area (Å²) in [6, 6.07) is 5.41. The molecule has 0 aliphatic heterocycles. The molecule has 7 heteroatoms. The lowest BCUT2D eigenvalue weighted by atomic mass is 10.0. The molecule has 1 aliphatic carbocycles. The quantitative estimate of drug-likeness (QED) is 0.712. The number of aryl methyl sites for hydroxylation is 1. The zero-order chi connectivity index (χ0) is 17.2. The van der Waals surface area contributed by atoms with Gasteiger partial charge in [-0.25, -0.2) is 9.97 Å². The average molecular weight is 355 g/mol. The van der Waals surface area contributed by atoms with Gasteiger partial charge in [-0.15, -0.1) is 5.10 Å². The Kier molecular flexibility index (Phi) is 4.57. The molecule has 1 N–H and O–H groups in total. The second kappa shape index (κ2) is 7.00. The number of aromatic nitrogens is 5. The SMILES string of the molecule is Cc1ccn2c(=O)cc(CSc3n[nH]c(CC4CCCC4)n3)nc2c1. The molecule has 3 aromatic rings. The molecule has 0 bridgehead atoms. The maximum absolute atomic E-state index is 12.2. The van der Waals surface area contributed by atoms with E-state index in [1.54, 1.807) is 16.7 Å². The molecule has 3 heterocycles. The van der Waals surface area contributed by atoms with Crippen LogP contribution in [-0.4, -0.2) is 24.6 Å². The van der Waals surface area contributed by atoms with Crippen LogP contribution in [-0.2, 0) is 12.2 Å². The third kappa shape index (κ3) is 3.76. The molecule has 130 valence electrons. The summed E-state index contributed by atoms with van der Waals surface area (Å²) in [6.07, 6.45) is 8.02. The molecule has 0 radical (unpaired) electrons. The zero-order valence-corrected chi connectivity index (χ0v) is 15.1. The molecule has 0 aromatic carbocycles. The number of hydrogen-bond acceptors (Lipinski definition) is 5. The molecule has 0 unspecified atom stereocenters. The highest BCUT2D eigenvalue weighted by molar-refractivity contribution is 7.98. The van der Waals surface area contributed by atoms with Gasteiger partial charge in [0.1, 0.15) is 11.5 Å². The largest absolute Gasteiger partial charge is 0.269 e. The summed E-state index contributed by atoms with van der Waals surface area (Å²) >= 11 is 1.51. The Morgan fingerprint density at radius 2 is 2.12 bits per heavy atom. The van der Waals surface area contributed by atoms with Gasteiger partial charge >= 0.3 is 0 Å². The van der Waals surface area contributed by atoms with Crippen molar-refractivity contribution in [3.8, 4) is 0 Å². The first-order chi connectivity index (χ1) is 12.2. The Morgan fingerprint density at radius 1 is 1.28 bits per heavy atom. The molecule has 0 amide bonds. The number of thioether (sulfide) groups is 1. The first kappa shape index (κ1) is 16.3. The smallest absolute Gasteiger partial charge is 0.258 e. The van der Waals surface area contributed by atoms with Crippen LogP contribution in [0.5, 0.6) is 0 Å². The molecule has 0 saturated heterocycles. The molecule has 0 spiro atoms. The standard InChI is InChI=1S/C18H21N5OS/c1-12-6-7-23-16(8-12)19-14(10-17(23)24)11-25-18-20-15(21-22-18)9-13-4-2-3-5-13/h6-8,10,13H,2-5,9,11H2,1H3,(H,20,21,22). The van der Waals surface area contributed by atoms with E-state index in [1.807, 2.05) is 19.1 Å². The van der Waals surface area contributed by atoms with Crippen LogP contribution in [0.25, 0.3) is 5.65 Å². The number of rotatable bonds is 5. The second-order valence-corrected chi connectivity index (χ2v) is 7.67. The van der Waals surface area contributed by atoms with Crippen molar-refractivity contribution >= 4 is 17.4 Å². The van der Waals surface area contributed by atoms with Gasteiger partial charge < -0.3 is 0 Å². The highest BCUT2D eigenvalue weighted by Crippen LogP contribution is 2.27. The van der Waals surface area contributed by atoms with Gasteiger partial charge in [0.25, 0.3) is 5.56 Å². The van der Waals surface area contributed by atoms with Crippen LogP contribution in [0.3, 0.4) is 0 Å². The van der Waals surface area contributed by atoms with Crippen molar-refractivity contribution in [2.45, 2.75) is 49.9 Å². The highest BCUT2D eigenvalue weighted by atomic mass is 32.2. The maximum Gasteiger partial charge on any atom is 0.258 e. The second-order valence-electron chi connectivity index (χ2n) is 6.73. The van der Waals surface area contributed by atoms with Crippen LogP contribution in [0, 0.1) is 12.8 Å². The summed E-state index contributed by atoms with van der Waals surface area (Å²) < 4.78 is 1.56. The van der Waals surface area contributed by atoms with E-state index < -0.39 is 0 Å². The van der Waals surface area contributed by atoms with Crippen LogP contribution in [0.2, 0.25) is 0 Å². The maximum atomic E-state index is 12.2. The van der Waals surface area contributed by atoms with E-state index in [1.165, 1.54) is 37.4 Å². The van der Waals surface area contributed by atoms with Gasteiger partial charge in [-0.1, -0.05) is 37.4 Å². The Balaban J connectivity index is 1.45. The van der Waals surface area contributed by atoms with Gasteiger partial charge in [0, 0.05) is 24.4 Å². The van der Waals surface area contributed by atoms with Crippen LogP contribution >= 0.6 is 11.8 Å². The van der Waals surface area contributed by atoms with E-state index in [4.69, 9.17) is 0 Å². The summed E-state index contributed by atoms with van der Waals surface area (Å²) in [5, 5.41) is 8.06. The van der Waals surface area contributed by atoms with Gasteiger partial charge in [-0.05, 0) is 30.5 Å². The number of nitrogens with one attached hydrogen (secondary N) is 1. The normalized spacial score (nSPS) is 15.2. The molecular weight excluding hydrogens is 334 g/mol. The van der Waals surface area contributed by atoms with Crippen LogP contribution in [0.15, 0.2) is 34.3 Å². The molecule has 1 saturated carbocycles. The fourth-order valence-electron chi connectivity index (χ4n) is 3.39. The van der Waals surface area contributed by atoms with Crippen molar-refractivity contribution < 1.29 is 0 Å². The van der Waals surface area contributed by atoms with Crippen molar-refractivity contribution in [2.24, 2.45) is 5.92 Å². The summed E-state index contributed by atoms with van der Waals surface area (Å²) in [6.45, 7) is 1.99. The monoisotopic (exact) mass is 355 g/mol. The number of H-pyrrole nitrogens is 1. The molecular formula is C18H21N5OS. The van der Waals surface area contributed by atoms with Crippen LogP contribution < -0.4 is 5.56 Å². The van der Waals surface area contributed by atoms with Gasteiger partial charge in [0.15, 0.2) is 0 Å². The third-order valence-electron chi connectivity index (χ3n) is 4.69. The first-order valence-corrected chi connectivity index (χ1v) is 9.69. The lowest BCUT2D eigenvalue weighted by molar-refractivity contribution is 0.531. The Morgan fingerprint density at radius 3 is 2.96 bits per heavy atom. The van der Waals surface area contributed by atoms with E-state index >= 15 is 0 Å². The van der Waals surface area contributed by atoms with Crippen molar-refractivity contribution in [3.05, 3.63) is 51.8 Å². The molecule has 3 aromatic heterocycles. The number of pyridine rings is 1. The van der Waals surface area contributed by atoms with Crippen molar-refractivity contribution in [1.29, 1.82) is 0 Å². The molecule has 4 rings (SSSR count). The summed E-state index contributed by atoms with van der Waals surface area (Å²) in [4.78, 5) is 21.3. The number of aromatic amines is 1. The van der Waals surface area contributed by atoms with Gasteiger partial charge in [-0.2, -0.15) is 0 Å². The van der Waals surface area contributed by atoms with Crippen molar-refractivity contribution in [2.75, 3.05) is 0 Å². The summed E-state index contributed by atoms with van der Waals surface area (Å²) in [5.41, 5.74) is 2.46. The Labute approximate surface area is 150 Å². The molecule has 0 atom stereocenters. The molecule has 1 fully saturated rings. The van der Waals surface area contributed by atoms with Gasteiger partial charge in [0.05, 0.1) is 5.69 Å². The zero-order valence-electron chi connectivity index (χ0n) is 14.2. The lowest BCUT2D eigenvalue weighted by Crippen LogP contribution is -2.15. The minimum absolute atomic E-state index is 0.0579. The van der Waals surface area contributed by atoms with E-state index in [2.05, 4.69) is 20.2 Å². The summed E-state index contributed by atoms with van der Waals surface area (Å²) in [5.74, 6) is 2.30. The van der Waals surface area contributed by atoms with Gasteiger partial charge in [0.2, 0.25) is 5.16 Å². The van der Waals surface area contributed by atoms with Gasteiger partial charge in [-0.3, -0.25) is 14.3 Å². The predicted molar refractivity (Wildman–Crippen MR) is 97.8 cm³/mol. The minimum Gasteiger partial charge on any atom is -0.269 e. The molecule has 25 heavy (non-hydrogen) atoms. The number of fused-ring (bicyclic) bond motifs is 1. The molecule has 6 nitrogen and oxygen atoms in total. The van der Waals surface area contributed by atoms with E-state index in [0.717, 1.165) is 34.6 Å². The van der Waals surface area contributed by atoms with Crippen molar-refractivity contribution in [3.63, 3.8) is 0 Å². The van der Waals surface area contributed by atoms with E-state index in [9.17, 15) is 4.79 Å². The van der Waals surface area contributed by atoms with E-state index in [0.29, 0.717) is 11.4 Å². The number of nitrogens with zero attached hydrogens (tertiary/aromatic N) is 4. The fourth-order valence-corrected chi connectivity index (χ4v) is 4.10. The number of hydrogen-bond donors (Lipinski definition) is 1. The Bertz CT molecular complexity index is 942. The molecule has 1 aliphatic rings. The lowest BCUT2D eigenvalue weighted by Gasteiger charge is -2.04. The van der Waals surface area contributed by atoms with Crippen LogP contribution in [0.1, 0.15) is 42.8 Å².